The zero-order valence-corrected chi connectivity index (χ0v) is 10.3. The van der Waals surface area contributed by atoms with Crippen molar-refractivity contribution in [1.29, 1.82) is 0 Å². The van der Waals surface area contributed by atoms with E-state index in [1.165, 1.54) is 12.0 Å². The van der Waals surface area contributed by atoms with E-state index in [0.29, 0.717) is 6.42 Å². The highest BCUT2D eigenvalue weighted by Gasteiger charge is 2.45. The summed E-state index contributed by atoms with van der Waals surface area (Å²) < 4.78 is 5.02. The number of carboxylic acid groups (broad SMARTS) is 1. The van der Waals surface area contributed by atoms with Gasteiger partial charge in [0.25, 0.3) is 0 Å². The number of methoxy groups -OCH3 is 1. The van der Waals surface area contributed by atoms with Crippen LogP contribution in [0.4, 0.5) is 0 Å². The lowest BCUT2D eigenvalue weighted by molar-refractivity contribution is -0.156. The molecule has 0 spiro atoms. The molecule has 2 bridgehead atoms. The van der Waals surface area contributed by atoms with Gasteiger partial charge in [0.2, 0.25) is 11.8 Å². The Bertz CT molecular complexity index is 359. The van der Waals surface area contributed by atoms with Gasteiger partial charge in [0.05, 0.1) is 19.1 Å². The van der Waals surface area contributed by atoms with Crippen LogP contribution in [0.2, 0.25) is 0 Å². The third-order valence-corrected chi connectivity index (χ3v) is 3.79. The van der Waals surface area contributed by atoms with Gasteiger partial charge >= 0.3 is 5.97 Å². The van der Waals surface area contributed by atoms with Gasteiger partial charge in [-0.2, -0.15) is 0 Å². The molecule has 2 fully saturated rings. The van der Waals surface area contributed by atoms with Gasteiger partial charge in [-0.05, 0) is 19.3 Å². The highest BCUT2D eigenvalue weighted by Crippen LogP contribution is 2.38. The van der Waals surface area contributed by atoms with E-state index in [1.807, 2.05) is 0 Å². The Hall–Kier alpha value is -1.43. The molecular weight excluding hydrogens is 238 g/mol. The van der Waals surface area contributed by atoms with Crippen LogP contribution in [0.3, 0.4) is 0 Å². The third-order valence-electron chi connectivity index (χ3n) is 3.79. The van der Waals surface area contributed by atoms with Crippen molar-refractivity contribution in [3.63, 3.8) is 0 Å². The molecule has 0 aromatic heterocycles. The fraction of sp³-hybridized carbons (Fsp3) is 0.750. The number of hydrogen-bond acceptors (Lipinski definition) is 4. The molecule has 6 heteroatoms. The third kappa shape index (κ3) is 2.38. The van der Waals surface area contributed by atoms with E-state index in [-0.39, 0.29) is 36.6 Å². The van der Waals surface area contributed by atoms with Crippen molar-refractivity contribution in [3.05, 3.63) is 0 Å². The lowest BCUT2D eigenvalue weighted by atomic mass is 9.96. The Labute approximate surface area is 105 Å². The van der Waals surface area contributed by atoms with E-state index in [0.717, 1.165) is 12.8 Å². The first kappa shape index (κ1) is 13.0. The van der Waals surface area contributed by atoms with Crippen molar-refractivity contribution in [3.8, 4) is 0 Å². The monoisotopic (exact) mass is 255 g/mol. The highest BCUT2D eigenvalue weighted by molar-refractivity contribution is 6.00. The quantitative estimate of drug-likeness (QED) is 0.712. The number of imide groups is 1. The van der Waals surface area contributed by atoms with E-state index < -0.39 is 12.1 Å². The molecular formula is C12H17NO5. The molecule has 2 aliphatic rings. The van der Waals surface area contributed by atoms with Crippen molar-refractivity contribution >= 4 is 17.8 Å². The number of nitrogens with zero attached hydrogens (tertiary/aromatic N) is 1. The summed E-state index contributed by atoms with van der Waals surface area (Å²) >= 11 is 0. The molecule has 1 aliphatic carbocycles. The first-order valence-electron chi connectivity index (χ1n) is 6.12. The summed E-state index contributed by atoms with van der Waals surface area (Å²) in [7, 11) is 1.39. The van der Waals surface area contributed by atoms with E-state index in [4.69, 9.17) is 9.84 Å². The second kappa shape index (κ2) is 5.06. The van der Waals surface area contributed by atoms with Crippen molar-refractivity contribution in [2.75, 3.05) is 13.7 Å². The number of aliphatic carboxylic acids is 1. The zero-order valence-electron chi connectivity index (χ0n) is 10.3. The number of carboxylic acids is 1. The smallest absolute Gasteiger partial charge is 0.306 e. The number of amides is 2. The Morgan fingerprint density at radius 1 is 1.39 bits per heavy atom. The molecule has 1 N–H and O–H groups in total. The van der Waals surface area contributed by atoms with Crippen LogP contribution >= 0.6 is 0 Å². The molecule has 0 radical (unpaired) electrons. The van der Waals surface area contributed by atoms with E-state index >= 15 is 0 Å². The number of carbonyl (C=O) groups is 3. The summed E-state index contributed by atoms with van der Waals surface area (Å²) in [5.41, 5.74) is 0. The molecule has 1 aliphatic heterocycles. The number of piperidine rings is 1. The molecule has 1 heterocycles. The average Bonchev–Trinajstić information content (AvgIpc) is 2.77. The Morgan fingerprint density at radius 2 is 1.94 bits per heavy atom. The molecule has 18 heavy (non-hydrogen) atoms. The van der Waals surface area contributed by atoms with E-state index in [9.17, 15) is 14.4 Å². The lowest BCUT2D eigenvalue weighted by Crippen LogP contribution is -2.49. The largest absolute Gasteiger partial charge is 0.481 e. The second-order valence-electron chi connectivity index (χ2n) is 4.95. The maximum atomic E-state index is 12.0. The van der Waals surface area contributed by atoms with Crippen molar-refractivity contribution in [2.45, 2.75) is 31.8 Å². The van der Waals surface area contributed by atoms with Crippen molar-refractivity contribution in [2.24, 2.45) is 11.8 Å². The molecule has 100 valence electrons. The minimum absolute atomic E-state index is 0.0491. The van der Waals surface area contributed by atoms with Gasteiger partial charge in [-0.1, -0.05) is 0 Å². The fourth-order valence-electron chi connectivity index (χ4n) is 2.78. The van der Waals surface area contributed by atoms with E-state index in [2.05, 4.69) is 0 Å². The summed E-state index contributed by atoms with van der Waals surface area (Å²) in [4.78, 5) is 35.9. The molecule has 1 saturated carbocycles. The first-order valence-corrected chi connectivity index (χ1v) is 6.12. The maximum Gasteiger partial charge on any atom is 0.306 e. The van der Waals surface area contributed by atoms with Crippen molar-refractivity contribution in [1.82, 2.24) is 4.90 Å². The minimum atomic E-state index is -0.998. The fourth-order valence-corrected chi connectivity index (χ4v) is 2.78. The second-order valence-corrected chi connectivity index (χ2v) is 4.95. The molecule has 0 aromatic rings. The number of ether oxygens (including phenoxy) is 1. The first-order chi connectivity index (χ1) is 8.52. The topological polar surface area (TPSA) is 83.9 Å². The van der Waals surface area contributed by atoms with Crippen LogP contribution < -0.4 is 0 Å². The molecule has 3 atom stereocenters. The van der Waals surface area contributed by atoms with E-state index in [1.54, 1.807) is 0 Å². The molecule has 2 amide bonds. The maximum absolute atomic E-state index is 12.0. The number of fused-ring (bicyclic) bond motifs is 2. The van der Waals surface area contributed by atoms with Crippen molar-refractivity contribution < 1.29 is 24.2 Å². The Morgan fingerprint density at radius 3 is 2.39 bits per heavy atom. The summed E-state index contributed by atoms with van der Waals surface area (Å²) in [6.07, 6.45) is 1.35. The summed E-state index contributed by atoms with van der Waals surface area (Å²) in [6, 6.07) is 0. The number of carbonyl (C=O) groups excluding carboxylic acids is 2. The predicted molar refractivity (Wildman–Crippen MR) is 60.6 cm³/mol. The number of rotatable bonds is 5. The molecule has 2 rings (SSSR count). The SMILES string of the molecule is COC(CC(=O)O)CN1C(=O)C2CCC(C2)C1=O. The van der Waals surface area contributed by atoms with Gasteiger partial charge in [0.15, 0.2) is 0 Å². The molecule has 3 unspecified atom stereocenters. The van der Waals surface area contributed by atoms with Gasteiger partial charge in [0.1, 0.15) is 0 Å². The molecule has 1 saturated heterocycles. The van der Waals surface area contributed by atoms with Gasteiger partial charge in [0, 0.05) is 18.9 Å². The van der Waals surface area contributed by atoms with Crippen LogP contribution in [-0.4, -0.2) is 47.5 Å². The summed E-state index contributed by atoms with van der Waals surface area (Å²) in [6.45, 7) is 0.0491. The highest BCUT2D eigenvalue weighted by atomic mass is 16.5. The van der Waals surface area contributed by atoms with Gasteiger partial charge < -0.3 is 9.84 Å². The van der Waals surface area contributed by atoms with Crippen LogP contribution in [-0.2, 0) is 19.1 Å². The normalized spacial score (nSPS) is 28.6. The average molecular weight is 255 g/mol. The number of likely N-dealkylation sites (tertiary alicyclic amines) is 1. The van der Waals surface area contributed by atoms with Gasteiger partial charge in [-0.15, -0.1) is 0 Å². The predicted octanol–water partition coefficient (Wildman–Crippen LogP) is 0.261. The Balaban J connectivity index is 2.05. The van der Waals surface area contributed by atoms with Crippen LogP contribution in [0.5, 0.6) is 0 Å². The summed E-state index contributed by atoms with van der Waals surface area (Å²) in [5, 5.41) is 8.72. The van der Waals surface area contributed by atoms with Crippen LogP contribution in [0.1, 0.15) is 25.7 Å². The molecule has 0 aromatic carbocycles. The van der Waals surface area contributed by atoms with Crippen LogP contribution in [0.15, 0.2) is 0 Å². The summed E-state index contributed by atoms with van der Waals surface area (Å²) in [5.74, 6) is -1.45. The van der Waals surface area contributed by atoms with Crippen LogP contribution in [0.25, 0.3) is 0 Å². The molecule has 6 nitrogen and oxygen atoms in total. The zero-order chi connectivity index (χ0) is 13.3. The van der Waals surface area contributed by atoms with Gasteiger partial charge in [-0.3, -0.25) is 19.3 Å². The van der Waals surface area contributed by atoms with Gasteiger partial charge in [-0.25, -0.2) is 0 Å². The standard InChI is InChI=1S/C12H17NO5/c1-18-9(5-10(14)15)6-13-11(16)7-2-3-8(4-7)12(13)17/h7-9H,2-6H2,1H3,(H,14,15). The lowest BCUT2D eigenvalue weighted by Gasteiger charge is -2.31. The Kier molecular flexibility index (Phi) is 3.65. The van der Waals surface area contributed by atoms with Crippen LogP contribution in [0, 0.1) is 11.8 Å². The minimum Gasteiger partial charge on any atom is -0.481 e. The number of hydrogen-bond donors (Lipinski definition) is 1.